The molecule has 0 amide bonds. The van der Waals surface area contributed by atoms with Gasteiger partial charge in [0.1, 0.15) is 11.5 Å². The van der Waals surface area contributed by atoms with Crippen LogP contribution < -0.4 is 4.74 Å². The molecule has 0 aliphatic carbocycles. The number of phenolic OH excluding ortho intramolecular Hbond substituents is 1. The van der Waals surface area contributed by atoms with Crippen molar-refractivity contribution in [1.29, 1.82) is 0 Å². The SMILES string of the molecule is COc1c(C)c(C)c(-c2c(C)c(C)c(O)c(C)c2C)c(C)c1C. The molecular formula is C21H28O2. The van der Waals surface area contributed by atoms with Gasteiger partial charge in [0.05, 0.1) is 7.11 Å². The van der Waals surface area contributed by atoms with E-state index in [4.69, 9.17) is 4.74 Å². The van der Waals surface area contributed by atoms with E-state index in [2.05, 4.69) is 41.5 Å². The summed E-state index contributed by atoms with van der Waals surface area (Å²) in [7, 11) is 1.74. The van der Waals surface area contributed by atoms with Gasteiger partial charge in [-0.15, -0.1) is 0 Å². The molecular weight excluding hydrogens is 284 g/mol. The van der Waals surface area contributed by atoms with Crippen LogP contribution in [0, 0.1) is 55.4 Å². The number of hydrogen-bond acceptors (Lipinski definition) is 2. The molecule has 2 aromatic rings. The summed E-state index contributed by atoms with van der Waals surface area (Å²) in [4.78, 5) is 0. The van der Waals surface area contributed by atoms with Crippen LogP contribution in [0.5, 0.6) is 11.5 Å². The number of phenols is 1. The van der Waals surface area contributed by atoms with Gasteiger partial charge >= 0.3 is 0 Å². The summed E-state index contributed by atoms with van der Waals surface area (Å²) in [6, 6.07) is 0. The zero-order valence-electron chi connectivity index (χ0n) is 15.9. The van der Waals surface area contributed by atoms with Crippen molar-refractivity contribution in [3.8, 4) is 22.6 Å². The molecule has 0 atom stereocenters. The molecule has 2 rings (SSSR count). The second-order valence-corrected chi connectivity index (χ2v) is 6.63. The van der Waals surface area contributed by atoms with E-state index in [1.165, 1.54) is 33.4 Å². The van der Waals surface area contributed by atoms with Crippen LogP contribution in [-0.2, 0) is 0 Å². The zero-order valence-corrected chi connectivity index (χ0v) is 15.9. The van der Waals surface area contributed by atoms with Crippen LogP contribution in [0.1, 0.15) is 44.5 Å². The van der Waals surface area contributed by atoms with Gasteiger partial charge in [-0.25, -0.2) is 0 Å². The van der Waals surface area contributed by atoms with E-state index >= 15 is 0 Å². The van der Waals surface area contributed by atoms with Gasteiger partial charge in [-0.3, -0.25) is 0 Å². The molecule has 0 saturated carbocycles. The Kier molecular flexibility index (Phi) is 4.48. The van der Waals surface area contributed by atoms with Gasteiger partial charge in [-0.05, 0) is 111 Å². The number of ether oxygens (including phenoxy) is 1. The summed E-state index contributed by atoms with van der Waals surface area (Å²) in [5, 5.41) is 10.3. The first-order chi connectivity index (χ1) is 10.6. The predicted molar refractivity (Wildman–Crippen MR) is 98.0 cm³/mol. The normalized spacial score (nSPS) is 11.0. The Morgan fingerprint density at radius 2 is 0.826 bits per heavy atom. The van der Waals surface area contributed by atoms with E-state index in [0.717, 1.165) is 28.0 Å². The van der Waals surface area contributed by atoms with Crippen molar-refractivity contribution in [2.45, 2.75) is 55.4 Å². The lowest BCUT2D eigenvalue weighted by Gasteiger charge is -2.24. The van der Waals surface area contributed by atoms with Crippen molar-refractivity contribution >= 4 is 0 Å². The fraction of sp³-hybridized carbons (Fsp3) is 0.429. The molecule has 0 spiro atoms. The first-order valence-corrected chi connectivity index (χ1v) is 8.09. The molecule has 0 aliphatic heterocycles. The minimum absolute atomic E-state index is 0.418. The van der Waals surface area contributed by atoms with E-state index < -0.39 is 0 Å². The van der Waals surface area contributed by atoms with Gasteiger partial charge < -0.3 is 9.84 Å². The molecule has 124 valence electrons. The second kappa shape index (κ2) is 5.92. The number of rotatable bonds is 2. The van der Waals surface area contributed by atoms with Gasteiger partial charge in [0.2, 0.25) is 0 Å². The lowest BCUT2D eigenvalue weighted by molar-refractivity contribution is 0.408. The first kappa shape index (κ1) is 17.4. The first-order valence-electron chi connectivity index (χ1n) is 8.09. The summed E-state index contributed by atoms with van der Waals surface area (Å²) in [6.45, 7) is 16.8. The van der Waals surface area contributed by atoms with Crippen LogP contribution in [0.4, 0.5) is 0 Å². The molecule has 0 radical (unpaired) electrons. The highest BCUT2D eigenvalue weighted by Crippen LogP contribution is 2.43. The third kappa shape index (κ3) is 2.41. The van der Waals surface area contributed by atoms with Crippen molar-refractivity contribution in [3.05, 3.63) is 44.5 Å². The van der Waals surface area contributed by atoms with E-state index in [9.17, 15) is 5.11 Å². The number of benzene rings is 2. The van der Waals surface area contributed by atoms with E-state index in [1.54, 1.807) is 7.11 Å². The van der Waals surface area contributed by atoms with Crippen LogP contribution >= 0.6 is 0 Å². The van der Waals surface area contributed by atoms with Gasteiger partial charge in [0.25, 0.3) is 0 Å². The Morgan fingerprint density at radius 1 is 0.522 bits per heavy atom. The smallest absolute Gasteiger partial charge is 0.125 e. The highest BCUT2D eigenvalue weighted by Gasteiger charge is 2.22. The van der Waals surface area contributed by atoms with E-state index in [-0.39, 0.29) is 0 Å². The quantitative estimate of drug-likeness (QED) is 0.789. The molecule has 2 aromatic carbocycles. The third-order valence-corrected chi connectivity index (χ3v) is 5.60. The highest BCUT2D eigenvalue weighted by molar-refractivity contribution is 5.82. The molecule has 1 N–H and O–H groups in total. The van der Waals surface area contributed by atoms with Crippen molar-refractivity contribution in [2.24, 2.45) is 0 Å². The van der Waals surface area contributed by atoms with Crippen LogP contribution in [0.25, 0.3) is 11.1 Å². The minimum atomic E-state index is 0.418. The molecule has 0 aromatic heterocycles. The van der Waals surface area contributed by atoms with Crippen molar-refractivity contribution in [3.63, 3.8) is 0 Å². The Bertz CT molecular complexity index is 740. The van der Waals surface area contributed by atoms with Crippen LogP contribution in [0.2, 0.25) is 0 Å². The average Bonchev–Trinajstić information content (AvgIpc) is 2.53. The lowest BCUT2D eigenvalue weighted by atomic mass is 9.82. The molecule has 0 heterocycles. The second-order valence-electron chi connectivity index (χ2n) is 6.63. The van der Waals surface area contributed by atoms with E-state index in [1.807, 2.05) is 13.8 Å². The monoisotopic (exact) mass is 312 g/mol. The summed E-state index contributed by atoms with van der Waals surface area (Å²) in [6.07, 6.45) is 0. The molecule has 0 bridgehead atoms. The summed E-state index contributed by atoms with van der Waals surface area (Å²) < 4.78 is 5.62. The summed E-state index contributed by atoms with van der Waals surface area (Å²) in [5.74, 6) is 1.40. The van der Waals surface area contributed by atoms with Gasteiger partial charge in [0, 0.05) is 0 Å². The Balaban J connectivity index is 3.01. The van der Waals surface area contributed by atoms with Crippen molar-refractivity contribution < 1.29 is 9.84 Å². The average molecular weight is 312 g/mol. The topological polar surface area (TPSA) is 29.5 Å². The standard InChI is InChI=1S/C21H28O2/c1-10-14(5)20(22)15(6)11(2)18(10)19-12(3)16(7)21(23-9)17(8)13(19)4/h22H,1-9H3. The van der Waals surface area contributed by atoms with Gasteiger partial charge in [-0.1, -0.05) is 0 Å². The number of methoxy groups -OCH3 is 1. The van der Waals surface area contributed by atoms with Gasteiger partial charge in [-0.2, -0.15) is 0 Å². The van der Waals surface area contributed by atoms with Gasteiger partial charge in [0.15, 0.2) is 0 Å². The zero-order chi connectivity index (χ0) is 17.6. The highest BCUT2D eigenvalue weighted by atomic mass is 16.5. The maximum absolute atomic E-state index is 10.3. The Labute approximate surface area is 140 Å². The Hall–Kier alpha value is -1.96. The predicted octanol–water partition coefficient (Wildman–Crippen LogP) is 5.54. The molecule has 0 fully saturated rings. The number of hydrogen-bond donors (Lipinski definition) is 1. The fourth-order valence-electron chi connectivity index (χ4n) is 3.63. The maximum Gasteiger partial charge on any atom is 0.125 e. The summed E-state index contributed by atoms with van der Waals surface area (Å²) in [5.41, 5.74) is 11.6. The lowest BCUT2D eigenvalue weighted by Crippen LogP contribution is -2.04. The molecule has 23 heavy (non-hydrogen) atoms. The molecule has 0 aliphatic rings. The van der Waals surface area contributed by atoms with Crippen molar-refractivity contribution in [2.75, 3.05) is 7.11 Å². The van der Waals surface area contributed by atoms with Crippen LogP contribution in [0.3, 0.4) is 0 Å². The number of aromatic hydroxyl groups is 1. The molecule has 2 heteroatoms. The minimum Gasteiger partial charge on any atom is -0.507 e. The molecule has 0 saturated heterocycles. The van der Waals surface area contributed by atoms with E-state index in [0.29, 0.717) is 5.75 Å². The van der Waals surface area contributed by atoms with Crippen LogP contribution in [0.15, 0.2) is 0 Å². The maximum atomic E-state index is 10.3. The molecule has 0 unspecified atom stereocenters. The summed E-state index contributed by atoms with van der Waals surface area (Å²) >= 11 is 0. The Morgan fingerprint density at radius 3 is 1.13 bits per heavy atom. The third-order valence-electron chi connectivity index (χ3n) is 5.60. The van der Waals surface area contributed by atoms with Crippen molar-refractivity contribution in [1.82, 2.24) is 0 Å². The fourth-order valence-corrected chi connectivity index (χ4v) is 3.63. The largest absolute Gasteiger partial charge is 0.507 e. The van der Waals surface area contributed by atoms with Crippen LogP contribution in [-0.4, -0.2) is 12.2 Å². The molecule has 2 nitrogen and oxygen atoms in total.